The zero-order valence-electron chi connectivity index (χ0n) is 9.56. The molecule has 1 aromatic heterocycles. The fourth-order valence-electron chi connectivity index (χ4n) is 1.37. The van der Waals surface area contributed by atoms with Crippen molar-refractivity contribution in [3.8, 4) is 0 Å². The Bertz CT molecular complexity index is 575. The van der Waals surface area contributed by atoms with Gasteiger partial charge in [-0.05, 0) is 0 Å². The van der Waals surface area contributed by atoms with Crippen LogP contribution in [0, 0.1) is 0 Å². The van der Waals surface area contributed by atoms with Gasteiger partial charge in [-0.25, -0.2) is 8.42 Å². The first-order chi connectivity index (χ1) is 9.12. The predicted octanol–water partition coefficient (Wildman–Crippen LogP) is 0.725. The topological polar surface area (TPSA) is 98.5 Å². The quantitative estimate of drug-likeness (QED) is 0.743. The Morgan fingerprint density at radius 1 is 1.45 bits per heavy atom. The Morgan fingerprint density at radius 2 is 2.05 bits per heavy atom. The average molecular weight is 337 g/mol. The smallest absolute Gasteiger partial charge is 0.436 e. The highest BCUT2D eigenvalue weighted by atomic mass is 35.5. The van der Waals surface area contributed by atoms with Gasteiger partial charge in [0.1, 0.15) is 6.54 Å². The van der Waals surface area contributed by atoms with E-state index >= 15 is 0 Å². The van der Waals surface area contributed by atoms with E-state index in [2.05, 4.69) is 9.28 Å². The third-order valence-electron chi connectivity index (χ3n) is 2.08. The molecule has 0 aliphatic heterocycles. The van der Waals surface area contributed by atoms with Gasteiger partial charge in [-0.2, -0.15) is 18.3 Å². The molecule has 0 saturated heterocycles. The van der Waals surface area contributed by atoms with Crippen LogP contribution in [0.3, 0.4) is 0 Å². The van der Waals surface area contributed by atoms with Crippen LogP contribution in [-0.2, 0) is 39.1 Å². The first-order valence-electron chi connectivity index (χ1n) is 4.94. The van der Waals surface area contributed by atoms with Crippen LogP contribution in [0.15, 0.2) is 0 Å². The monoisotopic (exact) mass is 336 g/mol. The lowest BCUT2D eigenvalue weighted by Crippen LogP contribution is -2.15. The summed E-state index contributed by atoms with van der Waals surface area (Å²) in [7, 11) is -3.16. The number of halogens is 4. The van der Waals surface area contributed by atoms with E-state index in [0.29, 0.717) is 4.68 Å². The molecule has 1 N–H and O–H groups in total. The van der Waals surface area contributed by atoms with Crippen LogP contribution in [0.5, 0.6) is 0 Å². The second kappa shape index (κ2) is 6.41. The van der Waals surface area contributed by atoms with Crippen LogP contribution in [0.1, 0.15) is 11.4 Å². The van der Waals surface area contributed by atoms with E-state index in [9.17, 15) is 26.4 Å². The molecule has 0 saturated carbocycles. The molecule has 0 aliphatic rings. The molecule has 114 valence electrons. The summed E-state index contributed by atoms with van der Waals surface area (Å²) in [6, 6.07) is 0. The maximum atomic E-state index is 12.6. The molecule has 0 amide bonds. The number of carboxylic acids is 1. The van der Waals surface area contributed by atoms with Crippen molar-refractivity contribution in [1.82, 2.24) is 9.78 Å². The van der Waals surface area contributed by atoms with Crippen LogP contribution < -0.4 is 0 Å². The average Bonchev–Trinajstić information content (AvgIpc) is 2.55. The van der Waals surface area contributed by atoms with E-state index in [4.69, 9.17) is 16.7 Å². The second-order valence-electron chi connectivity index (χ2n) is 3.47. The highest BCUT2D eigenvalue weighted by Gasteiger charge is 2.39. The van der Waals surface area contributed by atoms with Gasteiger partial charge in [0.25, 0.3) is 11.0 Å². The van der Waals surface area contributed by atoms with Crippen molar-refractivity contribution in [1.29, 1.82) is 0 Å². The van der Waals surface area contributed by atoms with Gasteiger partial charge in [-0.3, -0.25) is 13.7 Å². The normalized spacial score (nSPS) is 12.1. The lowest BCUT2D eigenvalue weighted by Gasteiger charge is -2.04. The largest absolute Gasteiger partial charge is 0.480 e. The molecule has 0 aromatic carbocycles. The number of alkyl halides is 3. The summed E-state index contributed by atoms with van der Waals surface area (Å²) in [6.07, 6.45) is -5.18. The summed E-state index contributed by atoms with van der Waals surface area (Å²) in [5.74, 6) is -1.42. The molecule has 0 atom stereocenters. The minimum Gasteiger partial charge on any atom is -0.480 e. The SMILES string of the molecule is O=C(O)Cn1nc(C(F)(F)F)c(Cl)c1CCO[SH](=O)=O. The lowest BCUT2D eigenvalue weighted by molar-refractivity contribution is -0.143. The Labute approximate surface area is 117 Å². The Morgan fingerprint density at radius 3 is 2.50 bits per heavy atom. The molecular weight excluding hydrogens is 329 g/mol. The molecule has 0 fully saturated rings. The summed E-state index contributed by atoms with van der Waals surface area (Å²) < 4.78 is 62.9. The number of aromatic nitrogens is 2. The molecule has 0 bridgehead atoms. The van der Waals surface area contributed by atoms with Crippen LogP contribution in [0.4, 0.5) is 13.2 Å². The van der Waals surface area contributed by atoms with E-state index in [1.54, 1.807) is 0 Å². The predicted molar refractivity (Wildman–Crippen MR) is 59.8 cm³/mol. The first kappa shape index (κ1) is 16.7. The maximum absolute atomic E-state index is 12.6. The fraction of sp³-hybridized carbons (Fsp3) is 0.500. The van der Waals surface area contributed by atoms with E-state index < -0.39 is 47.0 Å². The Hall–Kier alpha value is -1.33. The molecule has 0 unspecified atom stereocenters. The fourth-order valence-corrected chi connectivity index (χ4v) is 1.95. The van der Waals surface area contributed by atoms with E-state index in [1.165, 1.54) is 0 Å². The number of nitrogens with zero attached hydrogens (tertiary/aromatic N) is 2. The zero-order chi connectivity index (χ0) is 15.5. The highest BCUT2D eigenvalue weighted by molar-refractivity contribution is 7.67. The van der Waals surface area contributed by atoms with Crippen molar-refractivity contribution in [3.05, 3.63) is 16.4 Å². The molecule has 0 aliphatic carbocycles. The molecule has 20 heavy (non-hydrogen) atoms. The maximum Gasteiger partial charge on any atom is 0.436 e. The molecule has 0 radical (unpaired) electrons. The summed E-state index contributed by atoms with van der Waals surface area (Å²) in [4.78, 5) is 10.6. The molecule has 7 nitrogen and oxygen atoms in total. The summed E-state index contributed by atoms with van der Waals surface area (Å²) in [6.45, 7) is -1.31. The number of rotatable bonds is 6. The molecule has 0 spiro atoms. The standard InChI is InChI=1S/C8H8ClF3N2O5S/c9-6-4(1-2-19-20(17)18)14(3-5(15)16)13-7(6)8(10,11)12/h20H,1-3H2,(H,15,16). The molecule has 12 heteroatoms. The second-order valence-corrected chi connectivity index (χ2v) is 4.55. The van der Waals surface area contributed by atoms with Gasteiger partial charge in [0.15, 0.2) is 5.69 Å². The van der Waals surface area contributed by atoms with Crippen LogP contribution in [0.2, 0.25) is 5.02 Å². The van der Waals surface area contributed by atoms with Gasteiger partial charge >= 0.3 is 12.1 Å². The zero-order valence-corrected chi connectivity index (χ0v) is 11.2. The number of carbonyl (C=O) groups is 1. The number of thiol groups is 1. The Balaban J connectivity index is 3.10. The molecule has 1 rings (SSSR count). The van der Waals surface area contributed by atoms with Gasteiger partial charge in [0.2, 0.25) is 0 Å². The molecule has 1 heterocycles. The number of hydrogen-bond donors (Lipinski definition) is 2. The van der Waals surface area contributed by atoms with Crippen molar-refractivity contribution in [2.45, 2.75) is 19.1 Å². The van der Waals surface area contributed by atoms with E-state index in [1.807, 2.05) is 0 Å². The van der Waals surface area contributed by atoms with Crippen molar-refractivity contribution >= 4 is 28.6 Å². The van der Waals surface area contributed by atoms with E-state index in [0.717, 1.165) is 0 Å². The molecule has 1 aromatic rings. The van der Waals surface area contributed by atoms with Crippen molar-refractivity contribution in [2.24, 2.45) is 0 Å². The third-order valence-corrected chi connectivity index (χ3v) is 2.87. The number of hydrogen-bond acceptors (Lipinski definition) is 5. The number of aliphatic carboxylic acids is 1. The van der Waals surface area contributed by atoms with Crippen molar-refractivity contribution < 1.29 is 35.7 Å². The summed E-state index contributed by atoms with van der Waals surface area (Å²) in [5, 5.41) is 10.9. The molecular formula is C8H8ClF3N2O5S. The third kappa shape index (κ3) is 4.35. The Kier molecular flexibility index (Phi) is 5.36. The van der Waals surface area contributed by atoms with Gasteiger partial charge in [0.05, 0.1) is 17.3 Å². The minimum absolute atomic E-state index is 0.266. The van der Waals surface area contributed by atoms with E-state index in [-0.39, 0.29) is 12.1 Å². The summed E-state index contributed by atoms with van der Waals surface area (Å²) in [5.41, 5.74) is -1.69. The van der Waals surface area contributed by atoms with Crippen LogP contribution >= 0.6 is 11.6 Å². The minimum atomic E-state index is -4.85. The van der Waals surface area contributed by atoms with Gasteiger partial charge in [0, 0.05) is 6.42 Å². The van der Waals surface area contributed by atoms with Crippen molar-refractivity contribution in [3.63, 3.8) is 0 Å². The summed E-state index contributed by atoms with van der Waals surface area (Å²) >= 11 is 5.51. The van der Waals surface area contributed by atoms with Gasteiger partial charge < -0.3 is 5.11 Å². The first-order valence-corrected chi connectivity index (χ1v) is 6.41. The van der Waals surface area contributed by atoms with Crippen LogP contribution in [0.25, 0.3) is 0 Å². The van der Waals surface area contributed by atoms with Gasteiger partial charge in [-0.1, -0.05) is 11.6 Å². The number of carboxylic acid groups (broad SMARTS) is 1. The van der Waals surface area contributed by atoms with Crippen molar-refractivity contribution in [2.75, 3.05) is 6.61 Å². The highest BCUT2D eigenvalue weighted by Crippen LogP contribution is 2.35. The van der Waals surface area contributed by atoms with Gasteiger partial charge in [-0.15, -0.1) is 0 Å². The lowest BCUT2D eigenvalue weighted by atomic mass is 10.3. The van der Waals surface area contributed by atoms with Crippen LogP contribution in [-0.4, -0.2) is 35.9 Å².